The molecule has 6 rings (SSSR count). The molecule has 1 aromatic rings. The van der Waals surface area contributed by atoms with Gasteiger partial charge in [-0.2, -0.15) is 0 Å². The van der Waals surface area contributed by atoms with Crippen LogP contribution < -0.4 is 0 Å². The smallest absolute Gasteiger partial charge is 0.182 e. The van der Waals surface area contributed by atoms with E-state index in [1.807, 2.05) is 12.1 Å². The second kappa shape index (κ2) is 8.85. The first-order chi connectivity index (χ1) is 17.1. The van der Waals surface area contributed by atoms with E-state index in [4.69, 9.17) is 0 Å². The zero-order valence-electron chi connectivity index (χ0n) is 23.5. The molecule has 0 saturated heterocycles. The molecule has 0 spiro atoms. The van der Waals surface area contributed by atoms with Gasteiger partial charge < -0.3 is 0 Å². The summed E-state index contributed by atoms with van der Waals surface area (Å²) in [6.07, 6.45) is 14.5. The fourth-order valence-electron chi connectivity index (χ4n) is 11.2. The molecule has 36 heavy (non-hydrogen) atoms. The van der Waals surface area contributed by atoms with Crippen LogP contribution >= 0.6 is 0 Å². The predicted octanol–water partition coefficient (Wildman–Crippen LogP) is 8.66. The van der Waals surface area contributed by atoms with Crippen LogP contribution in [0.15, 0.2) is 29.2 Å². The van der Waals surface area contributed by atoms with Crippen LogP contribution in [0.3, 0.4) is 0 Å². The zero-order valence-corrected chi connectivity index (χ0v) is 24.3. The first-order valence-electron chi connectivity index (χ1n) is 15.4. The van der Waals surface area contributed by atoms with Gasteiger partial charge in [0, 0.05) is 5.92 Å². The van der Waals surface area contributed by atoms with E-state index in [1.165, 1.54) is 57.8 Å². The van der Waals surface area contributed by atoms with E-state index in [2.05, 4.69) is 46.8 Å². The molecule has 4 aliphatic carbocycles. The standard InChI is InChI=1S/C33H50O2S/c1-21(2)9-8-10-22(3)27-15-16-28-25-14-13-23-19-31-26(24-11-6-7-12-30(24)36(31,34)35)20-33(23,5)29(25)17-18-32(27,28)4/h6-7,11-12,21-23,25-29,31H,8-10,13-20H2,1-5H3/t22-,23+,25+,26+,27-,28+,29+,31+,32-,33+/m1/s1. The van der Waals surface area contributed by atoms with Crippen LogP contribution in [0.1, 0.15) is 117 Å². The van der Waals surface area contributed by atoms with Crippen LogP contribution in [0.2, 0.25) is 0 Å². The fourth-order valence-corrected chi connectivity index (χ4v) is 13.5. The van der Waals surface area contributed by atoms with Gasteiger partial charge in [0.15, 0.2) is 9.84 Å². The Labute approximate surface area is 221 Å². The Morgan fingerprint density at radius 3 is 2.44 bits per heavy atom. The minimum Gasteiger partial charge on any atom is -0.223 e. The van der Waals surface area contributed by atoms with Crippen molar-refractivity contribution in [3.63, 3.8) is 0 Å². The summed E-state index contributed by atoms with van der Waals surface area (Å²) in [5.74, 6) is 5.94. The SMILES string of the molecule is CC(C)CCC[C@@H](C)[C@H]1CC[C@H]2[C@@H]3CC[C@H]4C[C@H]5[C@@H](C[C@]4(C)[C@H]3CC[C@]12C)c1ccccc1S5(=O)=O. The maximum Gasteiger partial charge on any atom is 0.182 e. The number of rotatable bonds is 5. The molecular weight excluding hydrogens is 460 g/mol. The van der Waals surface area contributed by atoms with Gasteiger partial charge >= 0.3 is 0 Å². The van der Waals surface area contributed by atoms with Crippen molar-refractivity contribution in [2.45, 2.75) is 121 Å². The third-order valence-electron chi connectivity index (χ3n) is 12.9. The van der Waals surface area contributed by atoms with E-state index < -0.39 is 9.84 Å². The van der Waals surface area contributed by atoms with Gasteiger partial charge in [-0.1, -0.05) is 72.1 Å². The van der Waals surface area contributed by atoms with E-state index in [0.717, 1.165) is 53.9 Å². The summed E-state index contributed by atoms with van der Waals surface area (Å²) in [5, 5.41) is -0.166. The summed E-state index contributed by atoms with van der Waals surface area (Å²) < 4.78 is 27.0. The molecule has 10 atom stereocenters. The van der Waals surface area contributed by atoms with Crippen molar-refractivity contribution >= 4 is 9.84 Å². The Kier molecular flexibility index (Phi) is 6.26. The van der Waals surface area contributed by atoms with Crippen LogP contribution in [0.5, 0.6) is 0 Å². The molecular formula is C33H50O2S. The molecule has 0 bridgehead atoms. The summed E-state index contributed by atoms with van der Waals surface area (Å²) in [6, 6.07) is 7.98. The van der Waals surface area contributed by atoms with Gasteiger partial charge in [-0.15, -0.1) is 0 Å². The van der Waals surface area contributed by atoms with Crippen LogP contribution in [0.25, 0.3) is 0 Å². The topological polar surface area (TPSA) is 34.1 Å². The molecule has 0 amide bonds. The second-order valence-corrected chi connectivity index (χ2v) is 17.0. The van der Waals surface area contributed by atoms with Crippen LogP contribution in [-0.4, -0.2) is 13.7 Å². The van der Waals surface area contributed by atoms with Crippen molar-refractivity contribution in [2.24, 2.45) is 52.3 Å². The molecule has 2 nitrogen and oxygen atoms in total. The lowest BCUT2D eigenvalue weighted by Crippen LogP contribution is -2.55. The monoisotopic (exact) mass is 510 g/mol. The summed E-state index contributed by atoms with van der Waals surface area (Å²) in [4.78, 5) is 0.653. The molecule has 4 saturated carbocycles. The highest BCUT2D eigenvalue weighted by molar-refractivity contribution is 7.92. The number of fused-ring (bicyclic) bond motifs is 8. The first-order valence-corrected chi connectivity index (χ1v) is 16.9. The molecule has 200 valence electrons. The summed E-state index contributed by atoms with van der Waals surface area (Å²) >= 11 is 0. The maximum atomic E-state index is 13.5. The largest absolute Gasteiger partial charge is 0.223 e. The highest BCUT2D eigenvalue weighted by Crippen LogP contribution is 2.70. The third-order valence-corrected chi connectivity index (χ3v) is 15.2. The van der Waals surface area contributed by atoms with Crippen LogP contribution in [0.4, 0.5) is 0 Å². The van der Waals surface area contributed by atoms with Gasteiger partial charge in [0.05, 0.1) is 10.1 Å². The van der Waals surface area contributed by atoms with Crippen molar-refractivity contribution in [3.05, 3.63) is 29.8 Å². The maximum absolute atomic E-state index is 13.5. The first kappa shape index (κ1) is 25.4. The van der Waals surface area contributed by atoms with E-state index in [9.17, 15) is 8.42 Å². The Balaban J connectivity index is 1.23. The molecule has 1 aliphatic heterocycles. The number of hydrogen-bond donors (Lipinski definition) is 0. The predicted molar refractivity (Wildman–Crippen MR) is 149 cm³/mol. The van der Waals surface area contributed by atoms with Crippen molar-refractivity contribution in [1.82, 2.24) is 0 Å². The second-order valence-electron chi connectivity index (χ2n) is 14.9. The van der Waals surface area contributed by atoms with Gasteiger partial charge in [0.2, 0.25) is 0 Å². The molecule has 0 radical (unpaired) electrons. The highest BCUT2D eigenvalue weighted by atomic mass is 32.2. The quantitative estimate of drug-likeness (QED) is 0.397. The van der Waals surface area contributed by atoms with Gasteiger partial charge in [-0.05, 0) is 115 Å². The summed E-state index contributed by atoms with van der Waals surface area (Å²) in [7, 11) is -3.17. The number of sulfone groups is 1. The molecule has 1 aromatic carbocycles. The van der Waals surface area contributed by atoms with Crippen molar-refractivity contribution < 1.29 is 8.42 Å². The lowest BCUT2D eigenvalue weighted by molar-refractivity contribution is -0.116. The van der Waals surface area contributed by atoms with Gasteiger partial charge in [0.1, 0.15) is 0 Å². The third kappa shape index (κ3) is 3.64. The Morgan fingerprint density at radius 2 is 1.67 bits per heavy atom. The van der Waals surface area contributed by atoms with E-state index >= 15 is 0 Å². The molecule has 1 heterocycles. The number of benzene rings is 1. The summed E-state index contributed by atoms with van der Waals surface area (Å²) in [5.41, 5.74) is 1.97. The van der Waals surface area contributed by atoms with Gasteiger partial charge in [-0.3, -0.25) is 0 Å². The Hall–Kier alpha value is -0.830. The molecule has 0 N–H and O–H groups in total. The normalized spacial score (nSPS) is 45.3. The minimum absolute atomic E-state index is 0.166. The van der Waals surface area contributed by atoms with Crippen molar-refractivity contribution in [2.75, 3.05) is 0 Å². The van der Waals surface area contributed by atoms with Crippen molar-refractivity contribution in [1.29, 1.82) is 0 Å². The average molecular weight is 511 g/mol. The minimum atomic E-state index is -3.17. The van der Waals surface area contributed by atoms with E-state index in [-0.39, 0.29) is 11.2 Å². The Morgan fingerprint density at radius 1 is 0.917 bits per heavy atom. The van der Waals surface area contributed by atoms with E-state index in [0.29, 0.717) is 21.6 Å². The number of hydrogen-bond acceptors (Lipinski definition) is 2. The van der Waals surface area contributed by atoms with Crippen molar-refractivity contribution in [3.8, 4) is 0 Å². The Bertz CT molecular complexity index is 1090. The lowest BCUT2D eigenvalue weighted by atomic mass is 9.43. The summed E-state index contributed by atoms with van der Waals surface area (Å²) in [6.45, 7) is 12.6. The van der Waals surface area contributed by atoms with Crippen LogP contribution in [-0.2, 0) is 9.84 Å². The van der Waals surface area contributed by atoms with E-state index in [1.54, 1.807) is 0 Å². The van der Waals surface area contributed by atoms with Crippen LogP contribution in [0, 0.1) is 52.3 Å². The van der Waals surface area contributed by atoms with Gasteiger partial charge in [-0.25, -0.2) is 8.42 Å². The average Bonchev–Trinajstić information content (AvgIpc) is 3.29. The lowest BCUT2D eigenvalue weighted by Gasteiger charge is -2.62. The molecule has 4 fully saturated rings. The molecule has 0 aromatic heterocycles. The molecule has 0 unspecified atom stereocenters. The fraction of sp³-hybridized carbons (Fsp3) is 0.818. The zero-order chi connectivity index (χ0) is 25.5. The van der Waals surface area contributed by atoms with Gasteiger partial charge in [0.25, 0.3) is 0 Å². The molecule has 3 heteroatoms. The molecule has 5 aliphatic rings. The highest BCUT2D eigenvalue weighted by Gasteiger charge is 2.63.